The number of para-hydroxylation sites is 1. The lowest BCUT2D eigenvalue weighted by molar-refractivity contribution is -0.137. The Kier molecular flexibility index (Phi) is 5.73. The number of carbonyl (C=O) groups is 2. The minimum atomic E-state index is -0.255. The Morgan fingerprint density at radius 3 is 2.85 bits per heavy atom. The minimum absolute atomic E-state index is 0.0665. The molecule has 27 heavy (non-hydrogen) atoms. The first kappa shape index (κ1) is 18.9. The van der Waals surface area contributed by atoms with Crippen molar-refractivity contribution < 1.29 is 14.3 Å². The lowest BCUT2D eigenvalue weighted by atomic mass is 9.96. The smallest absolute Gasteiger partial charge is 0.249 e. The van der Waals surface area contributed by atoms with Crippen LogP contribution in [0.3, 0.4) is 0 Å². The second kappa shape index (κ2) is 8.20. The van der Waals surface area contributed by atoms with E-state index in [1.165, 1.54) is 0 Å². The molecule has 1 aromatic heterocycles. The Hall–Kier alpha value is -2.90. The van der Waals surface area contributed by atoms with E-state index in [1.807, 2.05) is 38.1 Å². The first-order chi connectivity index (χ1) is 13.0. The second-order valence-electron chi connectivity index (χ2n) is 6.98. The largest absolute Gasteiger partial charge is 0.496 e. The van der Waals surface area contributed by atoms with Gasteiger partial charge in [-0.2, -0.15) is 4.98 Å². The van der Waals surface area contributed by atoms with Crippen LogP contribution in [0, 0.1) is 11.8 Å². The fourth-order valence-corrected chi connectivity index (χ4v) is 3.25. The number of amides is 2. The predicted octanol–water partition coefficient (Wildman–Crippen LogP) is 2.31. The summed E-state index contributed by atoms with van der Waals surface area (Å²) in [6.45, 7) is 4.89. The van der Waals surface area contributed by atoms with Crippen molar-refractivity contribution >= 4 is 17.8 Å². The number of ether oxygens (including phenoxy) is 1. The number of H-pyrrole nitrogens is 1. The second-order valence-corrected chi connectivity index (χ2v) is 6.98. The van der Waals surface area contributed by atoms with Gasteiger partial charge in [-0.3, -0.25) is 20.0 Å². The van der Waals surface area contributed by atoms with Gasteiger partial charge in [0.2, 0.25) is 17.8 Å². The molecule has 0 spiro atoms. The summed E-state index contributed by atoms with van der Waals surface area (Å²) in [6, 6.07) is 7.44. The third kappa shape index (κ3) is 4.27. The van der Waals surface area contributed by atoms with Gasteiger partial charge < -0.3 is 9.64 Å². The van der Waals surface area contributed by atoms with Gasteiger partial charge in [0.1, 0.15) is 5.75 Å². The zero-order valence-corrected chi connectivity index (χ0v) is 15.9. The van der Waals surface area contributed by atoms with E-state index >= 15 is 0 Å². The molecule has 2 N–H and O–H groups in total. The Labute approximate surface area is 158 Å². The molecular formula is C19H25N5O3. The summed E-state index contributed by atoms with van der Waals surface area (Å²) >= 11 is 0. The molecule has 8 nitrogen and oxygen atoms in total. The molecule has 2 amide bonds. The van der Waals surface area contributed by atoms with Crippen molar-refractivity contribution in [2.45, 2.75) is 26.7 Å². The number of aromatic amines is 1. The van der Waals surface area contributed by atoms with E-state index in [9.17, 15) is 9.59 Å². The Balaban J connectivity index is 1.66. The summed E-state index contributed by atoms with van der Waals surface area (Å²) in [4.78, 5) is 30.9. The van der Waals surface area contributed by atoms with Crippen LogP contribution in [-0.2, 0) is 9.59 Å². The van der Waals surface area contributed by atoms with Gasteiger partial charge >= 0.3 is 0 Å². The van der Waals surface area contributed by atoms with Crippen LogP contribution in [0.1, 0.15) is 26.7 Å². The average Bonchev–Trinajstić information content (AvgIpc) is 3.15. The Bertz CT molecular complexity index is 817. The standard InChI is InChI=1S/C19H25N5O3/c1-12(2)18(26)24-10-6-7-13(11-24)17(25)21-19-20-16(22-23-19)14-8-4-5-9-15(14)27-3/h4-5,8-9,12-13H,6-7,10-11H2,1-3H3,(H2,20,21,22,23,25). The van der Waals surface area contributed by atoms with Gasteiger partial charge in [-0.25, -0.2) is 0 Å². The van der Waals surface area contributed by atoms with Crippen molar-refractivity contribution in [2.24, 2.45) is 11.8 Å². The summed E-state index contributed by atoms with van der Waals surface area (Å²) in [5.41, 5.74) is 0.763. The first-order valence-corrected chi connectivity index (χ1v) is 9.15. The molecular weight excluding hydrogens is 346 g/mol. The molecule has 144 valence electrons. The molecule has 1 saturated heterocycles. The molecule has 1 aliphatic rings. The summed E-state index contributed by atoms with van der Waals surface area (Å²) in [5.74, 6) is 1.00. The Morgan fingerprint density at radius 1 is 1.33 bits per heavy atom. The Morgan fingerprint density at radius 2 is 2.11 bits per heavy atom. The van der Waals surface area contributed by atoms with Crippen LogP contribution in [0.25, 0.3) is 11.4 Å². The van der Waals surface area contributed by atoms with Gasteiger partial charge in [-0.15, -0.1) is 5.10 Å². The number of rotatable bonds is 5. The maximum Gasteiger partial charge on any atom is 0.249 e. The van der Waals surface area contributed by atoms with Gasteiger partial charge in [-0.1, -0.05) is 26.0 Å². The van der Waals surface area contributed by atoms with Crippen molar-refractivity contribution in [1.29, 1.82) is 0 Å². The molecule has 8 heteroatoms. The lowest BCUT2D eigenvalue weighted by Gasteiger charge is -2.32. The van der Waals surface area contributed by atoms with E-state index < -0.39 is 0 Å². The quantitative estimate of drug-likeness (QED) is 0.840. The number of carbonyl (C=O) groups excluding carboxylic acids is 2. The molecule has 0 radical (unpaired) electrons. The molecule has 1 aliphatic heterocycles. The number of hydrogen-bond acceptors (Lipinski definition) is 5. The van der Waals surface area contributed by atoms with E-state index in [1.54, 1.807) is 12.0 Å². The monoisotopic (exact) mass is 371 g/mol. The highest BCUT2D eigenvalue weighted by molar-refractivity contribution is 5.92. The number of hydrogen-bond donors (Lipinski definition) is 2. The van der Waals surface area contributed by atoms with Crippen LogP contribution in [0.4, 0.5) is 5.95 Å². The van der Waals surface area contributed by atoms with Crippen LogP contribution >= 0.6 is 0 Å². The third-order valence-corrected chi connectivity index (χ3v) is 4.68. The maximum atomic E-state index is 12.6. The number of aromatic nitrogens is 3. The molecule has 0 aliphatic carbocycles. The molecule has 3 rings (SSSR count). The molecule has 2 aromatic rings. The number of benzene rings is 1. The molecule has 1 fully saturated rings. The number of likely N-dealkylation sites (tertiary alicyclic amines) is 1. The van der Waals surface area contributed by atoms with E-state index in [0.29, 0.717) is 24.7 Å². The summed E-state index contributed by atoms with van der Waals surface area (Å²) in [7, 11) is 1.59. The van der Waals surface area contributed by atoms with Crippen LogP contribution in [0.15, 0.2) is 24.3 Å². The average molecular weight is 371 g/mol. The van der Waals surface area contributed by atoms with Gasteiger partial charge in [0.25, 0.3) is 0 Å². The van der Waals surface area contributed by atoms with E-state index in [-0.39, 0.29) is 29.6 Å². The molecule has 1 unspecified atom stereocenters. The van der Waals surface area contributed by atoms with Gasteiger partial charge in [0.15, 0.2) is 5.82 Å². The fourth-order valence-electron chi connectivity index (χ4n) is 3.25. The first-order valence-electron chi connectivity index (χ1n) is 9.15. The summed E-state index contributed by atoms with van der Waals surface area (Å²) in [6.07, 6.45) is 1.56. The van der Waals surface area contributed by atoms with E-state index in [2.05, 4.69) is 20.5 Å². The van der Waals surface area contributed by atoms with E-state index in [4.69, 9.17) is 4.74 Å². The number of methoxy groups -OCH3 is 1. The zero-order chi connectivity index (χ0) is 19.4. The molecule has 2 heterocycles. The van der Waals surface area contributed by atoms with Crippen LogP contribution in [0.5, 0.6) is 5.75 Å². The highest BCUT2D eigenvalue weighted by Gasteiger charge is 2.29. The zero-order valence-electron chi connectivity index (χ0n) is 15.9. The van der Waals surface area contributed by atoms with Crippen molar-refractivity contribution in [1.82, 2.24) is 20.1 Å². The molecule has 1 aromatic carbocycles. The van der Waals surface area contributed by atoms with Crippen molar-refractivity contribution in [3.63, 3.8) is 0 Å². The summed E-state index contributed by atoms with van der Waals surface area (Å²) in [5, 5.41) is 9.66. The number of nitrogens with one attached hydrogen (secondary N) is 2. The SMILES string of the molecule is COc1ccccc1-c1nc(NC(=O)C2CCCN(C(=O)C(C)C)C2)n[nH]1. The highest BCUT2D eigenvalue weighted by atomic mass is 16.5. The highest BCUT2D eigenvalue weighted by Crippen LogP contribution is 2.27. The topological polar surface area (TPSA) is 100 Å². The molecule has 1 atom stereocenters. The van der Waals surface area contributed by atoms with E-state index in [0.717, 1.165) is 18.4 Å². The van der Waals surface area contributed by atoms with Gasteiger partial charge in [0.05, 0.1) is 18.6 Å². The van der Waals surface area contributed by atoms with Crippen molar-refractivity contribution in [2.75, 3.05) is 25.5 Å². The number of anilines is 1. The molecule has 0 bridgehead atoms. The van der Waals surface area contributed by atoms with Gasteiger partial charge in [0, 0.05) is 19.0 Å². The molecule has 0 saturated carbocycles. The van der Waals surface area contributed by atoms with Crippen LogP contribution in [0.2, 0.25) is 0 Å². The summed E-state index contributed by atoms with van der Waals surface area (Å²) < 4.78 is 5.33. The van der Waals surface area contributed by atoms with Crippen LogP contribution < -0.4 is 10.1 Å². The van der Waals surface area contributed by atoms with Crippen LogP contribution in [-0.4, -0.2) is 52.1 Å². The van der Waals surface area contributed by atoms with Gasteiger partial charge in [-0.05, 0) is 25.0 Å². The maximum absolute atomic E-state index is 12.6. The lowest BCUT2D eigenvalue weighted by Crippen LogP contribution is -2.45. The van der Waals surface area contributed by atoms with Crippen molar-refractivity contribution in [3.8, 4) is 17.1 Å². The number of nitrogens with zero attached hydrogens (tertiary/aromatic N) is 3. The normalized spacial score (nSPS) is 17.0. The van der Waals surface area contributed by atoms with Crippen molar-refractivity contribution in [3.05, 3.63) is 24.3 Å². The third-order valence-electron chi connectivity index (χ3n) is 4.68. The number of piperidine rings is 1. The predicted molar refractivity (Wildman–Crippen MR) is 101 cm³/mol. The fraction of sp³-hybridized carbons (Fsp3) is 0.474. The minimum Gasteiger partial charge on any atom is -0.496 e.